The molecule has 5 nitrogen and oxygen atoms in total. The van der Waals surface area contributed by atoms with Crippen LogP contribution in [0.25, 0.3) is 0 Å². The Kier molecular flexibility index (Phi) is 6.12. The molecule has 1 unspecified atom stereocenters. The first-order chi connectivity index (χ1) is 10.6. The topological polar surface area (TPSA) is 69.6 Å². The number of carboxylic acids is 1. The van der Waals surface area contributed by atoms with Crippen LogP contribution in [0.3, 0.4) is 0 Å². The maximum atomic E-state index is 12.0. The highest BCUT2D eigenvalue weighted by Gasteiger charge is 2.27. The zero-order valence-corrected chi connectivity index (χ0v) is 13.6. The van der Waals surface area contributed by atoms with Gasteiger partial charge in [-0.25, -0.2) is 4.79 Å². The molecule has 2 N–H and O–H groups in total. The molecular formula is C16H22N2O3S. The lowest BCUT2D eigenvalue weighted by Gasteiger charge is -2.30. The summed E-state index contributed by atoms with van der Waals surface area (Å²) in [6, 6.07) is 8.13. The standard InChI is InChI=1S/C16H22N2O3S/c1-12-4-6-14(7-5-12)22-10-8-17-16(21)18-9-2-3-13(11-18)15(19)20/h4-7,13H,2-3,8-11H2,1H3,(H,17,21)(H,19,20). The minimum Gasteiger partial charge on any atom is -0.481 e. The highest BCUT2D eigenvalue weighted by Crippen LogP contribution is 2.18. The lowest BCUT2D eigenvalue weighted by molar-refractivity contribution is -0.143. The second kappa shape index (κ2) is 8.08. The van der Waals surface area contributed by atoms with Gasteiger partial charge >= 0.3 is 12.0 Å². The zero-order valence-electron chi connectivity index (χ0n) is 12.7. The number of piperidine rings is 1. The maximum absolute atomic E-state index is 12.0. The molecule has 6 heteroatoms. The molecule has 0 bridgehead atoms. The summed E-state index contributed by atoms with van der Waals surface area (Å²) in [5.74, 6) is -0.445. The Morgan fingerprint density at radius 3 is 2.77 bits per heavy atom. The summed E-state index contributed by atoms with van der Waals surface area (Å²) in [5.41, 5.74) is 1.23. The average Bonchev–Trinajstić information content (AvgIpc) is 2.53. The van der Waals surface area contributed by atoms with Crippen LogP contribution in [0, 0.1) is 12.8 Å². The predicted octanol–water partition coefficient (Wildman–Crippen LogP) is 2.59. The smallest absolute Gasteiger partial charge is 0.317 e. The molecule has 120 valence electrons. The van der Waals surface area contributed by atoms with Gasteiger partial charge in [0.1, 0.15) is 0 Å². The van der Waals surface area contributed by atoms with Crippen LogP contribution >= 0.6 is 11.8 Å². The summed E-state index contributed by atoms with van der Waals surface area (Å²) < 4.78 is 0. The Morgan fingerprint density at radius 2 is 2.09 bits per heavy atom. The van der Waals surface area contributed by atoms with E-state index in [1.807, 2.05) is 0 Å². The van der Waals surface area contributed by atoms with Crippen LogP contribution in [0.1, 0.15) is 18.4 Å². The van der Waals surface area contributed by atoms with E-state index in [1.165, 1.54) is 10.5 Å². The highest BCUT2D eigenvalue weighted by atomic mass is 32.2. The fourth-order valence-electron chi connectivity index (χ4n) is 2.44. The van der Waals surface area contributed by atoms with E-state index in [2.05, 4.69) is 36.5 Å². The normalized spacial score (nSPS) is 18.0. The Balaban J connectivity index is 1.69. The molecule has 1 aromatic carbocycles. The molecule has 1 atom stereocenters. The van der Waals surface area contributed by atoms with Crippen molar-refractivity contribution < 1.29 is 14.7 Å². The number of benzene rings is 1. The molecule has 0 radical (unpaired) electrons. The van der Waals surface area contributed by atoms with Crippen molar-refractivity contribution >= 4 is 23.8 Å². The summed E-state index contributed by atoms with van der Waals surface area (Å²) in [7, 11) is 0. The molecule has 0 spiro atoms. The molecule has 1 aromatic rings. The van der Waals surface area contributed by atoms with Gasteiger partial charge in [-0.3, -0.25) is 4.79 Å². The van der Waals surface area contributed by atoms with E-state index >= 15 is 0 Å². The molecular weight excluding hydrogens is 300 g/mol. The van der Waals surface area contributed by atoms with Crippen LogP contribution in [0.4, 0.5) is 4.79 Å². The molecule has 1 fully saturated rings. The van der Waals surface area contributed by atoms with E-state index in [4.69, 9.17) is 5.11 Å². The van der Waals surface area contributed by atoms with Crippen molar-refractivity contribution in [2.24, 2.45) is 5.92 Å². The molecule has 1 aliphatic rings. The highest BCUT2D eigenvalue weighted by molar-refractivity contribution is 7.99. The van der Waals surface area contributed by atoms with Crippen molar-refractivity contribution in [3.8, 4) is 0 Å². The molecule has 2 rings (SSSR count). The van der Waals surface area contributed by atoms with Gasteiger partial charge in [-0.1, -0.05) is 17.7 Å². The summed E-state index contributed by atoms with van der Waals surface area (Å²) in [5, 5.41) is 11.9. The summed E-state index contributed by atoms with van der Waals surface area (Å²) in [6.45, 7) is 3.58. The molecule has 0 aliphatic carbocycles. The molecule has 1 aliphatic heterocycles. The van der Waals surface area contributed by atoms with Crippen LogP contribution in [0.5, 0.6) is 0 Å². The fourth-order valence-corrected chi connectivity index (χ4v) is 3.20. The third-order valence-corrected chi connectivity index (χ3v) is 4.74. The lowest BCUT2D eigenvalue weighted by Crippen LogP contribution is -2.47. The number of amides is 2. The van der Waals surface area contributed by atoms with Crippen molar-refractivity contribution in [1.29, 1.82) is 0 Å². The first kappa shape index (κ1) is 16.7. The lowest BCUT2D eigenvalue weighted by atomic mass is 9.99. The maximum Gasteiger partial charge on any atom is 0.317 e. The predicted molar refractivity (Wildman–Crippen MR) is 87.2 cm³/mol. The van der Waals surface area contributed by atoms with Gasteiger partial charge in [0.05, 0.1) is 5.92 Å². The number of thioether (sulfide) groups is 1. The molecule has 1 heterocycles. The number of urea groups is 1. The van der Waals surface area contributed by atoms with Crippen molar-refractivity contribution in [2.75, 3.05) is 25.4 Å². The van der Waals surface area contributed by atoms with E-state index in [-0.39, 0.29) is 6.03 Å². The summed E-state index contributed by atoms with van der Waals surface area (Å²) in [4.78, 5) is 25.8. The quantitative estimate of drug-likeness (QED) is 0.646. The SMILES string of the molecule is Cc1ccc(SCCNC(=O)N2CCCC(C(=O)O)C2)cc1. The molecule has 0 saturated carbocycles. The number of hydrogen-bond donors (Lipinski definition) is 2. The Hall–Kier alpha value is -1.69. The molecule has 1 saturated heterocycles. The number of nitrogens with one attached hydrogen (secondary N) is 1. The van der Waals surface area contributed by atoms with Gasteiger partial charge in [-0.2, -0.15) is 0 Å². The summed E-state index contributed by atoms with van der Waals surface area (Å²) in [6.07, 6.45) is 1.41. The van der Waals surface area contributed by atoms with Crippen LogP contribution in [-0.2, 0) is 4.79 Å². The van der Waals surface area contributed by atoms with Crippen LogP contribution in [0.2, 0.25) is 0 Å². The van der Waals surface area contributed by atoms with Crippen molar-refractivity contribution in [3.05, 3.63) is 29.8 Å². The monoisotopic (exact) mass is 322 g/mol. The van der Waals surface area contributed by atoms with Gasteiger partial charge in [0, 0.05) is 30.3 Å². The third kappa shape index (κ3) is 4.94. The number of carbonyl (C=O) groups is 2. The Bertz CT molecular complexity index is 519. The average molecular weight is 322 g/mol. The van der Waals surface area contributed by atoms with Gasteiger partial charge in [0.2, 0.25) is 0 Å². The van der Waals surface area contributed by atoms with Crippen LogP contribution in [-0.4, -0.2) is 47.4 Å². The van der Waals surface area contributed by atoms with Gasteiger partial charge in [-0.15, -0.1) is 11.8 Å². The first-order valence-corrected chi connectivity index (χ1v) is 8.50. The number of rotatable bonds is 5. The Morgan fingerprint density at radius 1 is 1.36 bits per heavy atom. The number of carbonyl (C=O) groups excluding carboxylic acids is 1. The second-order valence-electron chi connectivity index (χ2n) is 5.52. The van der Waals surface area contributed by atoms with Crippen LogP contribution < -0.4 is 5.32 Å². The third-order valence-electron chi connectivity index (χ3n) is 3.73. The van der Waals surface area contributed by atoms with E-state index in [1.54, 1.807) is 16.7 Å². The van der Waals surface area contributed by atoms with Gasteiger partial charge < -0.3 is 15.3 Å². The fraction of sp³-hybridized carbons (Fsp3) is 0.500. The van der Waals surface area contributed by atoms with E-state index < -0.39 is 11.9 Å². The van der Waals surface area contributed by atoms with Crippen LogP contribution in [0.15, 0.2) is 29.2 Å². The summed E-state index contributed by atoms with van der Waals surface area (Å²) >= 11 is 1.70. The number of likely N-dealkylation sites (tertiary alicyclic amines) is 1. The van der Waals surface area contributed by atoms with E-state index in [9.17, 15) is 9.59 Å². The number of hydrogen-bond acceptors (Lipinski definition) is 3. The van der Waals surface area contributed by atoms with E-state index in [0.717, 1.165) is 12.2 Å². The first-order valence-electron chi connectivity index (χ1n) is 7.51. The van der Waals surface area contributed by atoms with Gasteiger partial charge in [0.25, 0.3) is 0 Å². The van der Waals surface area contributed by atoms with Crippen molar-refractivity contribution in [2.45, 2.75) is 24.7 Å². The number of aliphatic carboxylic acids is 1. The number of aryl methyl sites for hydroxylation is 1. The molecule has 22 heavy (non-hydrogen) atoms. The molecule has 2 amide bonds. The largest absolute Gasteiger partial charge is 0.481 e. The number of carboxylic acid groups (broad SMARTS) is 1. The van der Waals surface area contributed by atoms with Gasteiger partial charge in [0.15, 0.2) is 0 Å². The van der Waals surface area contributed by atoms with E-state index in [0.29, 0.717) is 26.1 Å². The van der Waals surface area contributed by atoms with Crippen molar-refractivity contribution in [3.63, 3.8) is 0 Å². The van der Waals surface area contributed by atoms with Gasteiger partial charge in [-0.05, 0) is 31.9 Å². The minimum atomic E-state index is -0.813. The zero-order chi connectivity index (χ0) is 15.9. The second-order valence-corrected chi connectivity index (χ2v) is 6.69. The minimum absolute atomic E-state index is 0.157. The molecule has 0 aromatic heterocycles. The number of nitrogens with zero attached hydrogens (tertiary/aromatic N) is 1. The Labute approximate surface area is 135 Å². The van der Waals surface area contributed by atoms with Crippen molar-refractivity contribution in [1.82, 2.24) is 10.2 Å².